The van der Waals surface area contributed by atoms with Gasteiger partial charge in [-0.05, 0) is 19.8 Å². The number of ether oxygens (including phenoxy) is 1. The van der Waals surface area contributed by atoms with Crippen molar-refractivity contribution >= 4 is 11.8 Å². The molecule has 0 aliphatic carbocycles. The van der Waals surface area contributed by atoms with Gasteiger partial charge in [-0.2, -0.15) is 0 Å². The van der Waals surface area contributed by atoms with E-state index in [1.54, 1.807) is 6.92 Å². The number of hydrogen-bond donors (Lipinski definition) is 0. The Morgan fingerprint density at radius 2 is 1.62 bits per heavy atom. The summed E-state index contributed by atoms with van der Waals surface area (Å²) >= 11 is 0. The van der Waals surface area contributed by atoms with E-state index in [1.165, 1.54) is 7.11 Å². The maximum absolute atomic E-state index is 11.1. The van der Waals surface area contributed by atoms with E-state index < -0.39 is 0 Å². The van der Waals surface area contributed by atoms with Gasteiger partial charge >= 0.3 is 5.97 Å². The average molecular weight is 228 g/mol. The van der Waals surface area contributed by atoms with Crippen LogP contribution in [-0.2, 0) is 14.3 Å². The van der Waals surface area contributed by atoms with E-state index in [-0.39, 0.29) is 17.7 Å². The summed E-state index contributed by atoms with van der Waals surface area (Å²) in [5.74, 6) is 0.179. The quantitative estimate of drug-likeness (QED) is 0.450. The zero-order valence-electron chi connectivity index (χ0n) is 10.8. The van der Waals surface area contributed by atoms with Crippen molar-refractivity contribution < 1.29 is 14.3 Å². The summed E-state index contributed by atoms with van der Waals surface area (Å²) in [6.45, 7) is 3.54. The molecule has 94 valence electrons. The Morgan fingerprint density at radius 3 is 2.19 bits per heavy atom. The third kappa shape index (κ3) is 8.45. The molecule has 0 bridgehead atoms. The van der Waals surface area contributed by atoms with Crippen molar-refractivity contribution in [1.29, 1.82) is 0 Å². The van der Waals surface area contributed by atoms with Crippen LogP contribution in [0.25, 0.3) is 0 Å². The minimum atomic E-state index is -0.114. The fraction of sp³-hybridized carbons (Fsp3) is 0.846. The smallest absolute Gasteiger partial charge is 0.308 e. The Kier molecular flexibility index (Phi) is 8.87. The number of Topliss-reactive ketones (excluding diaryl/α,β-unsaturated/α-hetero) is 1. The van der Waals surface area contributed by atoms with Crippen molar-refractivity contribution in [2.45, 2.75) is 58.8 Å². The van der Waals surface area contributed by atoms with Gasteiger partial charge in [0.2, 0.25) is 0 Å². The lowest BCUT2D eigenvalue weighted by Gasteiger charge is -2.08. The number of esters is 1. The van der Waals surface area contributed by atoms with Crippen LogP contribution in [0.15, 0.2) is 0 Å². The van der Waals surface area contributed by atoms with Crippen molar-refractivity contribution in [3.63, 3.8) is 0 Å². The van der Waals surface area contributed by atoms with Crippen LogP contribution in [0.5, 0.6) is 0 Å². The number of methoxy groups -OCH3 is 1. The molecule has 0 rings (SSSR count). The number of rotatable bonds is 9. The molecule has 0 saturated heterocycles. The first-order valence-electron chi connectivity index (χ1n) is 6.15. The topological polar surface area (TPSA) is 43.4 Å². The normalized spacial score (nSPS) is 12.2. The molecule has 0 aliphatic heterocycles. The van der Waals surface area contributed by atoms with Crippen molar-refractivity contribution in [3.05, 3.63) is 0 Å². The minimum Gasteiger partial charge on any atom is -0.469 e. The molecule has 0 N–H and O–H groups in total. The fourth-order valence-corrected chi connectivity index (χ4v) is 1.67. The first kappa shape index (κ1) is 15.1. The van der Waals surface area contributed by atoms with Crippen LogP contribution in [0.2, 0.25) is 0 Å². The average Bonchev–Trinajstić information content (AvgIpc) is 2.25. The van der Waals surface area contributed by atoms with Gasteiger partial charge in [-0.25, -0.2) is 0 Å². The maximum atomic E-state index is 11.1. The molecule has 1 unspecified atom stereocenters. The zero-order valence-corrected chi connectivity index (χ0v) is 10.8. The maximum Gasteiger partial charge on any atom is 0.308 e. The van der Waals surface area contributed by atoms with Crippen LogP contribution >= 0.6 is 0 Å². The van der Waals surface area contributed by atoms with Gasteiger partial charge in [0, 0.05) is 6.42 Å². The lowest BCUT2D eigenvalue weighted by Crippen LogP contribution is -2.12. The highest BCUT2D eigenvalue weighted by atomic mass is 16.5. The molecule has 0 aromatic rings. The summed E-state index contributed by atoms with van der Waals surface area (Å²) < 4.78 is 4.66. The van der Waals surface area contributed by atoms with E-state index in [4.69, 9.17) is 0 Å². The van der Waals surface area contributed by atoms with E-state index in [0.717, 1.165) is 38.5 Å². The highest BCUT2D eigenvalue weighted by molar-refractivity contribution is 5.75. The second-order valence-corrected chi connectivity index (χ2v) is 4.43. The van der Waals surface area contributed by atoms with Crippen molar-refractivity contribution in [2.24, 2.45) is 5.92 Å². The van der Waals surface area contributed by atoms with Crippen LogP contribution in [0.4, 0.5) is 0 Å². The minimum absolute atomic E-state index is 0.0159. The SMILES string of the molecule is COC(=O)C(C)CCCCCCCC(C)=O. The fourth-order valence-electron chi connectivity index (χ4n) is 1.67. The molecule has 3 heteroatoms. The molecule has 0 amide bonds. The van der Waals surface area contributed by atoms with Crippen LogP contribution < -0.4 is 0 Å². The standard InChI is InChI=1S/C13H24O3/c1-11(13(15)16-3)9-7-5-4-6-8-10-12(2)14/h11H,4-10H2,1-3H3. The molecular weight excluding hydrogens is 204 g/mol. The summed E-state index contributed by atoms with van der Waals surface area (Å²) in [7, 11) is 1.43. The third-order valence-corrected chi connectivity index (χ3v) is 2.77. The van der Waals surface area contributed by atoms with Crippen molar-refractivity contribution in [1.82, 2.24) is 0 Å². The molecule has 0 aromatic heterocycles. The van der Waals surface area contributed by atoms with E-state index in [1.807, 2.05) is 6.92 Å². The van der Waals surface area contributed by atoms with Gasteiger partial charge in [0.15, 0.2) is 0 Å². The van der Waals surface area contributed by atoms with Crippen molar-refractivity contribution in [2.75, 3.05) is 7.11 Å². The predicted octanol–water partition coefficient (Wildman–Crippen LogP) is 3.12. The number of carbonyl (C=O) groups excluding carboxylic acids is 2. The molecule has 0 spiro atoms. The molecule has 0 radical (unpaired) electrons. The number of carbonyl (C=O) groups is 2. The largest absolute Gasteiger partial charge is 0.469 e. The molecule has 0 aliphatic rings. The van der Waals surface area contributed by atoms with Crippen LogP contribution in [0, 0.1) is 5.92 Å². The lowest BCUT2D eigenvalue weighted by atomic mass is 10.0. The van der Waals surface area contributed by atoms with Gasteiger partial charge in [0.25, 0.3) is 0 Å². The first-order valence-corrected chi connectivity index (χ1v) is 6.15. The Labute approximate surface area is 98.6 Å². The number of unbranched alkanes of at least 4 members (excludes halogenated alkanes) is 4. The predicted molar refractivity (Wildman–Crippen MR) is 64.2 cm³/mol. The number of hydrogen-bond acceptors (Lipinski definition) is 3. The zero-order chi connectivity index (χ0) is 12.4. The molecule has 16 heavy (non-hydrogen) atoms. The molecule has 0 heterocycles. The molecule has 0 aromatic carbocycles. The van der Waals surface area contributed by atoms with Crippen LogP contribution in [0.1, 0.15) is 58.8 Å². The van der Waals surface area contributed by atoms with E-state index in [2.05, 4.69) is 4.74 Å². The molecule has 1 atom stereocenters. The van der Waals surface area contributed by atoms with Gasteiger partial charge < -0.3 is 9.53 Å². The highest BCUT2D eigenvalue weighted by Gasteiger charge is 2.11. The molecular formula is C13H24O3. The first-order chi connectivity index (χ1) is 7.57. The lowest BCUT2D eigenvalue weighted by molar-refractivity contribution is -0.145. The Morgan fingerprint density at radius 1 is 1.06 bits per heavy atom. The Bertz CT molecular complexity index is 211. The third-order valence-electron chi connectivity index (χ3n) is 2.77. The Balaban J connectivity index is 3.27. The second-order valence-electron chi connectivity index (χ2n) is 4.43. The summed E-state index contributed by atoms with van der Waals surface area (Å²) in [5, 5.41) is 0. The molecule has 0 saturated carbocycles. The van der Waals surface area contributed by atoms with E-state index in [0.29, 0.717) is 6.42 Å². The monoisotopic (exact) mass is 228 g/mol. The van der Waals surface area contributed by atoms with Crippen LogP contribution in [-0.4, -0.2) is 18.9 Å². The second kappa shape index (κ2) is 9.37. The van der Waals surface area contributed by atoms with Gasteiger partial charge in [-0.15, -0.1) is 0 Å². The van der Waals surface area contributed by atoms with Gasteiger partial charge in [-0.3, -0.25) is 4.79 Å². The van der Waals surface area contributed by atoms with Gasteiger partial charge in [-0.1, -0.05) is 32.6 Å². The van der Waals surface area contributed by atoms with E-state index >= 15 is 0 Å². The number of ketones is 1. The molecule has 3 nitrogen and oxygen atoms in total. The van der Waals surface area contributed by atoms with Crippen LogP contribution in [0.3, 0.4) is 0 Å². The highest BCUT2D eigenvalue weighted by Crippen LogP contribution is 2.13. The van der Waals surface area contributed by atoms with Gasteiger partial charge in [0.05, 0.1) is 13.0 Å². The molecule has 0 fully saturated rings. The van der Waals surface area contributed by atoms with E-state index in [9.17, 15) is 9.59 Å². The summed E-state index contributed by atoms with van der Waals surface area (Å²) in [5.41, 5.74) is 0. The Hall–Kier alpha value is -0.860. The van der Waals surface area contributed by atoms with Gasteiger partial charge in [0.1, 0.15) is 5.78 Å². The summed E-state index contributed by atoms with van der Waals surface area (Å²) in [4.78, 5) is 21.8. The summed E-state index contributed by atoms with van der Waals surface area (Å²) in [6, 6.07) is 0. The van der Waals surface area contributed by atoms with Crippen molar-refractivity contribution in [3.8, 4) is 0 Å². The summed E-state index contributed by atoms with van der Waals surface area (Å²) in [6.07, 6.45) is 7.09.